The summed E-state index contributed by atoms with van der Waals surface area (Å²) in [4.78, 5) is 24.7. The van der Waals surface area contributed by atoms with Crippen molar-refractivity contribution in [2.75, 3.05) is 6.61 Å². The van der Waals surface area contributed by atoms with E-state index in [4.69, 9.17) is 16.3 Å². The molecule has 4 saturated carbocycles. The summed E-state index contributed by atoms with van der Waals surface area (Å²) in [5.74, 6) is 0.240. The van der Waals surface area contributed by atoms with Gasteiger partial charge in [0.2, 0.25) is 0 Å². The molecule has 4 bridgehead atoms. The maximum atomic E-state index is 12.8. The Morgan fingerprint density at radius 1 is 1.32 bits per heavy atom. The van der Waals surface area contributed by atoms with Crippen molar-refractivity contribution in [2.24, 2.45) is 23.2 Å². The van der Waals surface area contributed by atoms with Gasteiger partial charge < -0.3 is 10.1 Å². The third kappa shape index (κ3) is 3.38. The lowest BCUT2D eigenvalue weighted by Crippen LogP contribution is -2.57. The number of hydrogen-bond donors (Lipinski definition) is 1. The first-order valence-corrected chi connectivity index (χ1v) is 9.56. The minimum absolute atomic E-state index is 0.0450. The zero-order valence-corrected chi connectivity index (χ0v) is 16.0. The Hall–Kier alpha value is -1.28. The van der Waals surface area contributed by atoms with Gasteiger partial charge in [-0.15, -0.1) is 11.6 Å². The van der Waals surface area contributed by atoms with Gasteiger partial charge in [-0.2, -0.15) is 5.26 Å². The van der Waals surface area contributed by atoms with Crippen LogP contribution in [-0.2, 0) is 14.3 Å². The molecule has 5 nitrogen and oxygen atoms in total. The highest BCUT2D eigenvalue weighted by Gasteiger charge is 2.60. The Morgan fingerprint density at radius 3 is 2.40 bits per heavy atom. The summed E-state index contributed by atoms with van der Waals surface area (Å²) in [6.45, 7) is 5.07. The second kappa shape index (κ2) is 6.16. The van der Waals surface area contributed by atoms with Gasteiger partial charge in [-0.25, -0.2) is 0 Å². The van der Waals surface area contributed by atoms with E-state index in [0.29, 0.717) is 18.3 Å². The van der Waals surface area contributed by atoms with Crippen LogP contribution in [0.3, 0.4) is 0 Å². The molecule has 0 aliphatic heterocycles. The molecule has 3 unspecified atom stereocenters. The minimum atomic E-state index is -0.968. The SMILES string of the molecule is CC(C)C(C)(C#N)NC(=O)COC(=O)C12CC3CC(CC(Cl)(C3)C1)C2. The Morgan fingerprint density at radius 2 is 1.92 bits per heavy atom. The highest BCUT2D eigenvalue weighted by atomic mass is 35.5. The maximum Gasteiger partial charge on any atom is 0.312 e. The zero-order valence-electron chi connectivity index (χ0n) is 15.2. The van der Waals surface area contributed by atoms with Crippen LogP contribution >= 0.6 is 11.6 Å². The molecule has 0 aromatic carbocycles. The predicted octanol–water partition coefficient (Wildman–Crippen LogP) is 3.16. The Balaban J connectivity index is 1.60. The summed E-state index contributed by atoms with van der Waals surface area (Å²) in [7, 11) is 0. The Labute approximate surface area is 154 Å². The molecule has 4 rings (SSSR count). The summed E-state index contributed by atoms with van der Waals surface area (Å²) >= 11 is 6.74. The van der Waals surface area contributed by atoms with Crippen LogP contribution in [0.15, 0.2) is 0 Å². The van der Waals surface area contributed by atoms with Gasteiger partial charge in [-0.1, -0.05) is 13.8 Å². The topological polar surface area (TPSA) is 79.2 Å². The van der Waals surface area contributed by atoms with Crippen molar-refractivity contribution in [1.82, 2.24) is 5.32 Å². The number of esters is 1. The lowest BCUT2D eigenvalue weighted by molar-refractivity contribution is -0.172. The molecule has 138 valence electrons. The van der Waals surface area contributed by atoms with Crippen LogP contribution in [0.5, 0.6) is 0 Å². The third-order valence-corrected chi connectivity index (χ3v) is 6.99. The average Bonchev–Trinajstić information content (AvgIpc) is 2.49. The molecule has 0 radical (unpaired) electrons. The van der Waals surface area contributed by atoms with Gasteiger partial charge in [0.05, 0.1) is 11.5 Å². The molecule has 0 aromatic rings. The van der Waals surface area contributed by atoms with Crippen LogP contribution in [0, 0.1) is 34.5 Å². The van der Waals surface area contributed by atoms with E-state index in [1.165, 1.54) is 6.42 Å². The Bertz CT molecular complexity index is 613. The molecule has 4 aliphatic carbocycles. The number of ether oxygens (including phenoxy) is 1. The van der Waals surface area contributed by atoms with E-state index in [2.05, 4.69) is 11.4 Å². The van der Waals surface area contributed by atoms with Crippen molar-refractivity contribution >= 4 is 23.5 Å². The predicted molar refractivity (Wildman–Crippen MR) is 93.7 cm³/mol. The molecule has 0 saturated heterocycles. The Kier molecular flexibility index (Phi) is 4.56. The van der Waals surface area contributed by atoms with E-state index in [0.717, 1.165) is 25.7 Å². The number of carbonyl (C=O) groups excluding carboxylic acids is 2. The summed E-state index contributed by atoms with van der Waals surface area (Å²) in [5, 5.41) is 12.0. The molecular weight excluding hydrogens is 340 g/mol. The zero-order chi connectivity index (χ0) is 18.5. The number of rotatable bonds is 5. The first-order valence-electron chi connectivity index (χ1n) is 9.18. The van der Waals surface area contributed by atoms with Gasteiger partial charge in [0.25, 0.3) is 5.91 Å². The molecule has 4 fully saturated rings. The molecule has 0 spiro atoms. The van der Waals surface area contributed by atoms with Crippen molar-refractivity contribution in [1.29, 1.82) is 5.26 Å². The second-order valence-electron chi connectivity index (χ2n) is 8.99. The highest BCUT2D eigenvalue weighted by molar-refractivity contribution is 6.24. The fourth-order valence-electron chi connectivity index (χ4n) is 5.30. The van der Waals surface area contributed by atoms with Crippen molar-refractivity contribution in [3.05, 3.63) is 0 Å². The summed E-state index contributed by atoms with van der Waals surface area (Å²) in [6, 6.07) is 2.12. The largest absolute Gasteiger partial charge is 0.455 e. The number of nitrogens with one attached hydrogen (secondary N) is 1. The molecule has 0 heterocycles. The van der Waals surface area contributed by atoms with Crippen LogP contribution in [-0.4, -0.2) is 28.9 Å². The van der Waals surface area contributed by atoms with E-state index in [1.807, 2.05) is 13.8 Å². The van der Waals surface area contributed by atoms with E-state index in [-0.39, 0.29) is 23.4 Å². The van der Waals surface area contributed by atoms with Gasteiger partial charge >= 0.3 is 5.97 Å². The average molecular weight is 367 g/mol. The maximum absolute atomic E-state index is 12.8. The van der Waals surface area contributed by atoms with Crippen molar-refractivity contribution in [2.45, 2.75) is 69.7 Å². The van der Waals surface area contributed by atoms with E-state index in [9.17, 15) is 14.9 Å². The van der Waals surface area contributed by atoms with Gasteiger partial charge in [-0.3, -0.25) is 9.59 Å². The number of nitrogens with zero attached hydrogens (tertiary/aromatic N) is 1. The van der Waals surface area contributed by atoms with Crippen LogP contribution < -0.4 is 5.32 Å². The molecule has 25 heavy (non-hydrogen) atoms. The number of carbonyl (C=O) groups is 2. The molecule has 0 aromatic heterocycles. The van der Waals surface area contributed by atoms with Crippen LogP contribution in [0.4, 0.5) is 0 Å². The molecule has 3 atom stereocenters. The molecular formula is C19H27ClN2O3. The molecule has 6 heteroatoms. The van der Waals surface area contributed by atoms with Gasteiger partial charge in [0.1, 0.15) is 5.54 Å². The first kappa shape index (κ1) is 18.5. The van der Waals surface area contributed by atoms with Gasteiger partial charge in [0.15, 0.2) is 6.61 Å². The van der Waals surface area contributed by atoms with Crippen molar-refractivity contribution in [3.63, 3.8) is 0 Å². The smallest absolute Gasteiger partial charge is 0.312 e. The molecule has 4 aliphatic rings. The highest BCUT2D eigenvalue weighted by Crippen LogP contribution is 2.64. The number of amides is 1. The first-order chi connectivity index (χ1) is 11.6. The molecule has 1 N–H and O–H groups in total. The van der Waals surface area contributed by atoms with Gasteiger partial charge in [0, 0.05) is 4.87 Å². The van der Waals surface area contributed by atoms with E-state index < -0.39 is 16.9 Å². The third-order valence-electron chi connectivity index (χ3n) is 6.54. The number of halogens is 1. The minimum Gasteiger partial charge on any atom is -0.455 e. The number of nitriles is 1. The number of hydrogen-bond acceptors (Lipinski definition) is 4. The van der Waals surface area contributed by atoms with Crippen molar-refractivity contribution in [3.8, 4) is 6.07 Å². The lowest BCUT2D eigenvalue weighted by atomic mass is 9.49. The van der Waals surface area contributed by atoms with Crippen LogP contribution in [0.1, 0.15) is 59.3 Å². The fourth-order valence-corrected chi connectivity index (χ4v) is 5.99. The summed E-state index contributed by atoms with van der Waals surface area (Å²) in [6.07, 6.45) is 5.49. The van der Waals surface area contributed by atoms with E-state index >= 15 is 0 Å². The van der Waals surface area contributed by atoms with Crippen LogP contribution in [0.25, 0.3) is 0 Å². The second-order valence-corrected chi connectivity index (χ2v) is 9.79. The monoisotopic (exact) mass is 366 g/mol. The number of alkyl halides is 1. The van der Waals surface area contributed by atoms with Gasteiger partial charge in [-0.05, 0) is 63.2 Å². The quantitative estimate of drug-likeness (QED) is 0.598. The summed E-state index contributed by atoms with van der Waals surface area (Å²) < 4.78 is 5.38. The van der Waals surface area contributed by atoms with E-state index in [1.54, 1.807) is 6.92 Å². The fraction of sp³-hybridized carbons (Fsp3) is 0.842. The normalized spacial score (nSPS) is 38.1. The van der Waals surface area contributed by atoms with Crippen LogP contribution in [0.2, 0.25) is 0 Å². The standard InChI is InChI=1S/C19H27ClN2O3/c1-12(2)17(3,11-21)22-15(23)9-25-16(24)18-5-13-4-14(6-18)8-19(20,7-13)10-18/h12-14H,4-10H2,1-3H3,(H,22,23). The van der Waals surface area contributed by atoms with Crippen molar-refractivity contribution < 1.29 is 14.3 Å². The lowest BCUT2D eigenvalue weighted by Gasteiger charge is -2.58. The molecule has 1 amide bonds. The summed E-state index contributed by atoms with van der Waals surface area (Å²) in [5.41, 5.74) is -1.48.